The van der Waals surface area contributed by atoms with Gasteiger partial charge >= 0.3 is 6.09 Å². The largest absolute Gasteiger partial charge is 0.444 e. The second-order valence-electron chi connectivity index (χ2n) is 3.92. The quantitative estimate of drug-likeness (QED) is 0.678. The van der Waals surface area contributed by atoms with Crippen molar-refractivity contribution in [3.63, 3.8) is 0 Å². The van der Waals surface area contributed by atoms with Gasteiger partial charge in [0.1, 0.15) is 6.61 Å². The van der Waals surface area contributed by atoms with E-state index in [4.69, 9.17) is 27.9 Å². The summed E-state index contributed by atoms with van der Waals surface area (Å²) in [6, 6.07) is 12.5. The first kappa shape index (κ1) is 15.4. The van der Waals surface area contributed by atoms with Crippen LogP contribution in [0.3, 0.4) is 0 Å². The van der Waals surface area contributed by atoms with E-state index in [-0.39, 0.29) is 6.61 Å². The van der Waals surface area contributed by atoms with Crippen LogP contribution < -0.4 is 5.32 Å². The first-order chi connectivity index (χ1) is 9.56. The number of benzene rings is 2. The lowest BCUT2D eigenvalue weighted by molar-refractivity contribution is 0.155. The summed E-state index contributed by atoms with van der Waals surface area (Å²) in [5, 5.41) is 3.40. The van der Waals surface area contributed by atoms with Crippen LogP contribution in [0.25, 0.3) is 0 Å². The molecule has 1 N–H and O–H groups in total. The predicted molar refractivity (Wildman–Crippen MR) is 89.4 cm³/mol. The van der Waals surface area contributed by atoms with E-state index in [1.54, 1.807) is 18.2 Å². The van der Waals surface area contributed by atoms with E-state index < -0.39 is 6.09 Å². The number of halogens is 3. The van der Waals surface area contributed by atoms with Gasteiger partial charge in [-0.05, 0) is 46.9 Å². The van der Waals surface area contributed by atoms with Gasteiger partial charge in [0, 0.05) is 14.8 Å². The molecule has 104 valence electrons. The Labute approximate surface area is 140 Å². The summed E-state index contributed by atoms with van der Waals surface area (Å²) in [4.78, 5) is 11.7. The molecule has 0 fully saturated rings. The Balaban J connectivity index is 1.93. The van der Waals surface area contributed by atoms with Crippen LogP contribution in [-0.2, 0) is 11.3 Å². The van der Waals surface area contributed by atoms with Crippen molar-refractivity contribution in [3.8, 4) is 0 Å². The summed E-state index contributed by atoms with van der Waals surface area (Å²) < 4.78 is 6.20. The zero-order valence-electron chi connectivity index (χ0n) is 10.2. The summed E-state index contributed by atoms with van der Waals surface area (Å²) in [6.45, 7) is 0.215. The molecular weight excluding hydrogens is 412 g/mol. The SMILES string of the molecule is O=C(Nc1ccc(Cl)c(Cl)c1)OCc1ccccc1I. The van der Waals surface area contributed by atoms with E-state index in [1.807, 2.05) is 24.3 Å². The monoisotopic (exact) mass is 421 g/mol. The maximum absolute atomic E-state index is 11.7. The fourth-order valence-corrected chi connectivity index (χ4v) is 2.33. The van der Waals surface area contributed by atoms with Gasteiger partial charge in [-0.25, -0.2) is 4.79 Å². The van der Waals surface area contributed by atoms with Crippen molar-refractivity contribution in [2.75, 3.05) is 5.32 Å². The number of carbonyl (C=O) groups is 1. The lowest BCUT2D eigenvalue weighted by Crippen LogP contribution is -2.13. The lowest BCUT2D eigenvalue weighted by Gasteiger charge is -2.08. The van der Waals surface area contributed by atoms with Crippen LogP contribution in [-0.4, -0.2) is 6.09 Å². The van der Waals surface area contributed by atoms with Crippen molar-refractivity contribution in [3.05, 3.63) is 61.6 Å². The minimum atomic E-state index is -0.539. The van der Waals surface area contributed by atoms with Crippen LogP contribution in [0.5, 0.6) is 0 Å². The normalized spacial score (nSPS) is 10.2. The highest BCUT2D eigenvalue weighted by Gasteiger charge is 2.07. The van der Waals surface area contributed by atoms with Gasteiger partial charge in [0.2, 0.25) is 0 Å². The molecule has 0 aliphatic rings. The van der Waals surface area contributed by atoms with Gasteiger partial charge in [0.25, 0.3) is 0 Å². The summed E-state index contributed by atoms with van der Waals surface area (Å²) in [7, 11) is 0. The second kappa shape index (κ2) is 7.15. The summed E-state index contributed by atoms with van der Waals surface area (Å²) in [5.41, 5.74) is 1.49. The first-order valence-electron chi connectivity index (χ1n) is 5.68. The Morgan fingerprint density at radius 1 is 1.15 bits per heavy atom. The van der Waals surface area contributed by atoms with E-state index in [9.17, 15) is 4.79 Å². The van der Waals surface area contributed by atoms with Crippen LogP contribution in [0.4, 0.5) is 10.5 Å². The van der Waals surface area contributed by atoms with Crippen molar-refractivity contribution in [2.45, 2.75) is 6.61 Å². The highest BCUT2D eigenvalue weighted by atomic mass is 127. The molecule has 0 atom stereocenters. The van der Waals surface area contributed by atoms with E-state index in [2.05, 4.69) is 27.9 Å². The van der Waals surface area contributed by atoms with Gasteiger partial charge in [-0.3, -0.25) is 5.32 Å². The Hall–Kier alpha value is -0.980. The predicted octanol–water partition coefficient (Wildman–Crippen LogP) is 5.35. The highest BCUT2D eigenvalue weighted by molar-refractivity contribution is 14.1. The van der Waals surface area contributed by atoms with Crippen molar-refractivity contribution >= 4 is 57.6 Å². The van der Waals surface area contributed by atoms with Crippen LogP contribution in [0, 0.1) is 3.57 Å². The molecule has 0 saturated carbocycles. The Kier molecular flexibility index (Phi) is 5.51. The molecule has 20 heavy (non-hydrogen) atoms. The molecule has 1 amide bonds. The second-order valence-corrected chi connectivity index (χ2v) is 5.90. The maximum atomic E-state index is 11.7. The first-order valence-corrected chi connectivity index (χ1v) is 7.52. The minimum absolute atomic E-state index is 0.215. The summed E-state index contributed by atoms with van der Waals surface area (Å²) in [6.07, 6.45) is -0.539. The Morgan fingerprint density at radius 2 is 1.90 bits per heavy atom. The third-order valence-electron chi connectivity index (χ3n) is 2.48. The third kappa shape index (κ3) is 4.26. The number of anilines is 1. The van der Waals surface area contributed by atoms with Gasteiger partial charge in [-0.2, -0.15) is 0 Å². The molecule has 0 aromatic heterocycles. The lowest BCUT2D eigenvalue weighted by atomic mass is 10.2. The molecule has 0 saturated heterocycles. The van der Waals surface area contributed by atoms with Gasteiger partial charge in [-0.1, -0.05) is 41.4 Å². The van der Waals surface area contributed by atoms with E-state index in [0.717, 1.165) is 9.13 Å². The fourth-order valence-electron chi connectivity index (χ4n) is 1.49. The summed E-state index contributed by atoms with van der Waals surface area (Å²) in [5.74, 6) is 0. The number of hydrogen-bond acceptors (Lipinski definition) is 2. The van der Waals surface area contributed by atoms with Gasteiger partial charge in [0.05, 0.1) is 10.0 Å². The van der Waals surface area contributed by atoms with Gasteiger partial charge < -0.3 is 4.74 Å². The Bertz CT molecular complexity index is 634. The Morgan fingerprint density at radius 3 is 2.60 bits per heavy atom. The molecular formula is C14H10Cl2INO2. The molecule has 2 aromatic rings. The maximum Gasteiger partial charge on any atom is 0.411 e. The zero-order chi connectivity index (χ0) is 14.5. The summed E-state index contributed by atoms with van der Waals surface area (Å²) >= 11 is 13.9. The molecule has 0 aliphatic heterocycles. The van der Waals surface area contributed by atoms with Crippen molar-refractivity contribution < 1.29 is 9.53 Å². The minimum Gasteiger partial charge on any atom is -0.444 e. The van der Waals surface area contributed by atoms with Crippen LogP contribution >= 0.6 is 45.8 Å². The smallest absolute Gasteiger partial charge is 0.411 e. The molecule has 0 aliphatic carbocycles. The number of nitrogens with one attached hydrogen (secondary N) is 1. The highest BCUT2D eigenvalue weighted by Crippen LogP contribution is 2.25. The van der Waals surface area contributed by atoms with Crippen LogP contribution in [0.1, 0.15) is 5.56 Å². The molecule has 3 nitrogen and oxygen atoms in total. The third-order valence-corrected chi connectivity index (χ3v) is 4.27. The average molecular weight is 422 g/mol. The molecule has 0 bridgehead atoms. The molecule has 0 unspecified atom stereocenters. The molecule has 0 spiro atoms. The molecule has 2 rings (SSSR count). The van der Waals surface area contributed by atoms with E-state index in [0.29, 0.717) is 15.7 Å². The number of amides is 1. The molecule has 0 heterocycles. The topological polar surface area (TPSA) is 38.3 Å². The molecule has 2 aromatic carbocycles. The van der Waals surface area contributed by atoms with E-state index in [1.165, 1.54) is 0 Å². The number of ether oxygens (including phenoxy) is 1. The average Bonchev–Trinajstić information content (AvgIpc) is 2.42. The number of rotatable bonds is 3. The van der Waals surface area contributed by atoms with Crippen molar-refractivity contribution in [1.82, 2.24) is 0 Å². The number of carbonyl (C=O) groups excluding carboxylic acids is 1. The molecule has 0 radical (unpaired) electrons. The standard InChI is InChI=1S/C14H10Cl2INO2/c15-11-6-5-10(7-12(11)16)18-14(19)20-8-9-3-1-2-4-13(9)17/h1-7H,8H2,(H,18,19). The van der Waals surface area contributed by atoms with Gasteiger partial charge in [-0.15, -0.1) is 0 Å². The van der Waals surface area contributed by atoms with Crippen LogP contribution in [0.2, 0.25) is 10.0 Å². The molecule has 6 heteroatoms. The zero-order valence-corrected chi connectivity index (χ0v) is 13.9. The van der Waals surface area contributed by atoms with Gasteiger partial charge in [0.15, 0.2) is 0 Å². The van der Waals surface area contributed by atoms with E-state index >= 15 is 0 Å². The van der Waals surface area contributed by atoms with Crippen molar-refractivity contribution in [2.24, 2.45) is 0 Å². The fraction of sp³-hybridized carbons (Fsp3) is 0.0714. The van der Waals surface area contributed by atoms with Crippen molar-refractivity contribution in [1.29, 1.82) is 0 Å². The number of hydrogen-bond donors (Lipinski definition) is 1. The van der Waals surface area contributed by atoms with Crippen LogP contribution in [0.15, 0.2) is 42.5 Å².